The van der Waals surface area contributed by atoms with Gasteiger partial charge in [0, 0.05) is 10.4 Å². The van der Waals surface area contributed by atoms with E-state index in [0.717, 1.165) is 36.0 Å². The average Bonchev–Trinajstić information content (AvgIpc) is 3.35. The van der Waals surface area contributed by atoms with Crippen LogP contribution in [0.5, 0.6) is 0 Å². The first-order valence-electron chi connectivity index (χ1n) is 10.6. The van der Waals surface area contributed by atoms with Crippen LogP contribution in [0, 0.1) is 29.6 Å². The molecule has 3 aromatic rings. The summed E-state index contributed by atoms with van der Waals surface area (Å²) in [6.07, 6.45) is 2.93. The van der Waals surface area contributed by atoms with E-state index in [-0.39, 0.29) is 17.1 Å². The molecule has 166 valence electrons. The minimum atomic E-state index is -0.187. The third kappa shape index (κ3) is 4.89. The number of nitrogens with zero attached hydrogens (tertiary/aromatic N) is 3. The molecule has 1 unspecified atom stereocenters. The molecule has 6 nitrogen and oxygen atoms in total. The summed E-state index contributed by atoms with van der Waals surface area (Å²) >= 11 is 2.73. The van der Waals surface area contributed by atoms with Crippen LogP contribution in [0.15, 0.2) is 33.9 Å². The molecule has 0 bridgehead atoms. The Kier molecular flexibility index (Phi) is 6.40. The van der Waals surface area contributed by atoms with E-state index in [1.54, 1.807) is 11.3 Å². The van der Waals surface area contributed by atoms with Gasteiger partial charge in [0.1, 0.15) is 11.1 Å². The van der Waals surface area contributed by atoms with Crippen LogP contribution < -0.4 is 5.32 Å². The number of carbonyl (C=O) groups is 1. The van der Waals surface area contributed by atoms with Crippen molar-refractivity contribution in [2.45, 2.75) is 52.2 Å². The second-order valence-corrected chi connectivity index (χ2v) is 11.2. The molecule has 1 aliphatic rings. The Balaban J connectivity index is 1.39. The molecule has 1 amide bonds. The van der Waals surface area contributed by atoms with Gasteiger partial charge in [0.15, 0.2) is 0 Å². The van der Waals surface area contributed by atoms with E-state index >= 15 is 0 Å². The maximum absolute atomic E-state index is 12.6. The normalized spacial score (nSPS) is 15.8. The zero-order chi connectivity index (χ0) is 22.9. The van der Waals surface area contributed by atoms with E-state index in [9.17, 15) is 10.1 Å². The van der Waals surface area contributed by atoms with Gasteiger partial charge in [-0.1, -0.05) is 50.2 Å². The zero-order valence-corrected chi connectivity index (χ0v) is 20.3. The van der Waals surface area contributed by atoms with E-state index in [4.69, 9.17) is 4.42 Å². The molecule has 8 heteroatoms. The van der Waals surface area contributed by atoms with Crippen LogP contribution in [-0.2, 0) is 17.6 Å². The number of thioether (sulfide) groups is 1. The van der Waals surface area contributed by atoms with Gasteiger partial charge in [0.05, 0.1) is 11.3 Å². The number of thiophene rings is 1. The molecule has 0 aliphatic heterocycles. The Hall–Kier alpha value is -2.63. The summed E-state index contributed by atoms with van der Waals surface area (Å²) in [6, 6.07) is 10.1. The fraction of sp³-hybridized carbons (Fsp3) is 0.417. The largest absolute Gasteiger partial charge is 0.411 e. The summed E-state index contributed by atoms with van der Waals surface area (Å²) in [5.74, 6) is 0.958. The zero-order valence-electron chi connectivity index (χ0n) is 18.7. The number of anilines is 1. The molecule has 0 saturated carbocycles. The first kappa shape index (κ1) is 22.6. The number of nitriles is 1. The molecule has 4 rings (SSSR count). The lowest BCUT2D eigenvalue weighted by Crippen LogP contribution is -2.26. The highest BCUT2D eigenvalue weighted by Gasteiger charge is 2.32. The van der Waals surface area contributed by atoms with Gasteiger partial charge < -0.3 is 9.73 Å². The summed E-state index contributed by atoms with van der Waals surface area (Å²) in [6.45, 7) is 8.82. The van der Waals surface area contributed by atoms with Gasteiger partial charge in [-0.25, -0.2) is 0 Å². The molecular weight excluding hydrogens is 440 g/mol. The molecule has 0 spiro atoms. The van der Waals surface area contributed by atoms with Crippen molar-refractivity contribution in [2.75, 3.05) is 11.1 Å². The monoisotopic (exact) mass is 466 g/mol. The highest BCUT2D eigenvalue weighted by Crippen LogP contribution is 2.44. The number of rotatable bonds is 5. The summed E-state index contributed by atoms with van der Waals surface area (Å²) in [4.78, 5) is 13.8. The van der Waals surface area contributed by atoms with Crippen molar-refractivity contribution in [3.05, 3.63) is 45.8 Å². The first-order chi connectivity index (χ1) is 15.2. The predicted molar refractivity (Wildman–Crippen MR) is 128 cm³/mol. The maximum Gasteiger partial charge on any atom is 0.277 e. The van der Waals surface area contributed by atoms with Gasteiger partial charge in [-0.3, -0.25) is 4.79 Å². The number of fused-ring (bicyclic) bond motifs is 1. The van der Waals surface area contributed by atoms with Crippen LogP contribution in [-0.4, -0.2) is 21.9 Å². The molecule has 32 heavy (non-hydrogen) atoms. The lowest BCUT2D eigenvalue weighted by molar-refractivity contribution is -0.113. The average molecular weight is 467 g/mol. The smallest absolute Gasteiger partial charge is 0.277 e. The van der Waals surface area contributed by atoms with Crippen LogP contribution in [0.2, 0.25) is 0 Å². The van der Waals surface area contributed by atoms with Crippen molar-refractivity contribution in [1.82, 2.24) is 10.2 Å². The molecule has 1 aromatic carbocycles. The van der Waals surface area contributed by atoms with Crippen molar-refractivity contribution in [3.8, 4) is 17.5 Å². The molecule has 0 fully saturated rings. The lowest BCUT2D eigenvalue weighted by atomic mass is 9.72. The van der Waals surface area contributed by atoms with Crippen molar-refractivity contribution in [3.63, 3.8) is 0 Å². The Labute approximate surface area is 196 Å². The van der Waals surface area contributed by atoms with E-state index in [1.807, 2.05) is 31.2 Å². The van der Waals surface area contributed by atoms with Crippen LogP contribution >= 0.6 is 23.1 Å². The molecule has 0 saturated heterocycles. The highest BCUT2D eigenvalue weighted by molar-refractivity contribution is 7.99. The van der Waals surface area contributed by atoms with E-state index in [1.165, 1.54) is 16.6 Å². The van der Waals surface area contributed by atoms with Crippen molar-refractivity contribution < 1.29 is 9.21 Å². The van der Waals surface area contributed by atoms with Crippen LogP contribution in [0.4, 0.5) is 5.00 Å². The molecule has 1 atom stereocenters. The van der Waals surface area contributed by atoms with Crippen molar-refractivity contribution in [2.24, 2.45) is 11.3 Å². The Morgan fingerprint density at radius 2 is 2.06 bits per heavy atom. The van der Waals surface area contributed by atoms with Gasteiger partial charge >= 0.3 is 0 Å². The number of hydrogen-bond acceptors (Lipinski definition) is 7. The number of aromatic nitrogens is 2. The summed E-state index contributed by atoms with van der Waals surface area (Å²) in [7, 11) is 0. The summed E-state index contributed by atoms with van der Waals surface area (Å²) in [5.41, 5.74) is 3.96. The minimum absolute atomic E-state index is 0.133. The number of aryl methyl sites for hydroxylation is 1. The first-order valence-corrected chi connectivity index (χ1v) is 12.4. The van der Waals surface area contributed by atoms with Gasteiger partial charge in [0.2, 0.25) is 11.8 Å². The van der Waals surface area contributed by atoms with Crippen molar-refractivity contribution in [1.29, 1.82) is 5.26 Å². The highest BCUT2D eigenvalue weighted by atomic mass is 32.2. The molecule has 0 radical (unpaired) electrons. The SMILES string of the molecule is Cc1ccc(-c2nnc(SCC(=O)Nc3sc4c(c3C#N)CCC(C(C)(C)C)C4)o2)cc1. The fourth-order valence-electron chi connectivity index (χ4n) is 3.90. The molecule has 2 heterocycles. The molecule has 1 N–H and O–H groups in total. The number of nitrogens with one attached hydrogen (secondary N) is 1. The summed E-state index contributed by atoms with van der Waals surface area (Å²) < 4.78 is 5.68. The van der Waals surface area contributed by atoms with Gasteiger partial charge in [0.25, 0.3) is 5.22 Å². The van der Waals surface area contributed by atoms with Crippen LogP contribution in [0.1, 0.15) is 48.8 Å². The predicted octanol–water partition coefficient (Wildman–Crippen LogP) is 5.86. The number of amides is 1. The third-order valence-electron chi connectivity index (χ3n) is 5.89. The fourth-order valence-corrected chi connectivity index (χ4v) is 5.76. The molecule has 1 aliphatic carbocycles. The van der Waals surface area contributed by atoms with Crippen molar-refractivity contribution >= 4 is 34.0 Å². The van der Waals surface area contributed by atoms with Gasteiger partial charge in [-0.2, -0.15) is 5.26 Å². The lowest BCUT2D eigenvalue weighted by Gasteiger charge is -2.33. The molecular formula is C24H26N4O2S2. The van der Waals surface area contributed by atoms with E-state index < -0.39 is 0 Å². The molecule has 2 aromatic heterocycles. The quantitative estimate of drug-likeness (QED) is 0.474. The topological polar surface area (TPSA) is 91.8 Å². The number of carbonyl (C=O) groups excluding carboxylic acids is 1. The second kappa shape index (κ2) is 9.08. The van der Waals surface area contributed by atoms with Gasteiger partial charge in [-0.15, -0.1) is 21.5 Å². The third-order valence-corrected chi connectivity index (χ3v) is 7.87. The minimum Gasteiger partial charge on any atom is -0.411 e. The van der Waals surface area contributed by atoms with Gasteiger partial charge in [-0.05, 0) is 55.2 Å². The Morgan fingerprint density at radius 3 is 2.75 bits per heavy atom. The standard InChI is InChI=1S/C24H26N4O2S2/c1-14-5-7-15(8-6-14)21-27-28-23(30-21)31-13-20(29)26-22-18(12-25)17-10-9-16(24(2,3)4)11-19(17)32-22/h5-8,16H,9-11,13H2,1-4H3,(H,26,29). The van der Waals surface area contributed by atoms with Crippen LogP contribution in [0.3, 0.4) is 0 Å². The van der Waals surface area contributed by atoms with E-state index in [2.05, 4.69) is 42.4 Å². The summed E-state index contributed by atoms with van der Waals surface area (Å²) in [5, 5.41) is 21.7. The Bertz CT molecular complexity index is 1170. The van der Waals surface area contributed by atoms with Crippen LogP contribution in [0.25, 0.3) is 11.5 Å². The second-order valence-electron chi connectivity index (χ2n) is 9.20. The maximum atomic E-state index is 12.6. The number of benzene rings is 1. The Morgan fingerprint density at radius 1 is 1.31 bits per heavy atom. The van der Waals surface area contributed by atoms with E-state index in [0.29, 0.717) is 27.6 Å². The number of hydrogen-bond donors (Lipinski definition) is 1.